The number of Topliss-reactive ketones (excluding diaryl/α,β-unsaturated/α-hetero) is 2. The first-order valence-corrected chi connectivity index (χ1v) is 14.1. The molecule has 3 aliphatic carbocycles. The number of halogens is 3. The highest BCUT2D eigenvalue weighted by atomic mass is 19.4. The maximum atomic E-state index is 14.8. The van der Waals surface area contributed by atoms with E-state index < -0.39 is 104 Å². The minimum atomic E-state index is -4.90. The lowest BCUT2D eigenvalue weighted by Crippen LogP contribution is -2.58. The molecule has 0 heterocycles. The number of carbonyl (C=O) groups excluding carboxylic acids is 3. The van der Waals surface area contributed by atoms with Crippen LogP contribution in [0.25, 0.3) is 5.76 Å². The molecule has 44 heavy (non-hydrogen) atoms. The SMILES string of the molecule is CN(Cc1cc(O)c2c(c1C(F)(F)F)CC1C[C@H]3CC(=O)C(C(N)=O)=C(O)[C@@]3(O)C(=O)C1=C2O)CC(C)(C)c1ccccc1. The molecule has 0 radical (unpaired) electrons. The molecule has 0 aromatic heterocycles. The second-order valence-corrected chi connectivity index (χ2v) is 12.6. The van der Waals surface area contributed by atoms with E-state index in [0.717, 1.165) is 11.6 Å². The third kappa shape index (κ3) is 4.86. The van der Waals surface area contributed by atoms with Gasteiger partial charge < -0.3 is 31.1 Å². The Hall–Kier alpha value is -4.16. The van der Waals surface area contributed by atoms with E-state index in [4.69, 9.17) is 5.73 Å². The first kappa shape index (κ1) is 31.3. The largest absolute Gasteiger partial charge is 0.508 e. The number of amides is 1. The molecule has 1 saturated carbocycles. The average Bonchev–Trinajstić information content (AvgIpc) is 2.89. The minimum Gasteiger partial charge on any atom is -0.508 e. The van der Waals surface area contributed by atoms with Crippen LogP contribution in [-0.4, -0.2) is 62.0 Å². The first-order valence-electron chi connectivity index (χ1n) is 14.1. The van der Waals surface area contributed by atoms with E-state index in [1.165, 1.54) is 0 Å². The van der Waals surface area contributed by atoms with E-state index in [1.54, 1.807) is 11.9 Å². The maximum Gasteiger partial charge on any atom is 0.417 e. The van der Waals surface area contributed by atoms with Gasteiger partial charge in [-0.05, 0) is 48.6 Å². The van der Waals surface area contributed by atoms with Crippen molar-refractivity contribution in [3.63, 3.8) is 0 Å². The number of rotatable bonds is 6. The van der Waals surface area contributed by atoms with Crippen molar-refractivity contribution in [3.8, 4) is 5.75 Å². The second kappa shape index (κ2) is 10.5. The fourth-order valence-corrected chi connectivity index (χ4v) is 7.24. The van der Waals surface area contributed by atoms with Crippen LogP contribution < -0.4 is 5.73 Å². The number of aliphatic hydroxyl groups excluding tert-OH is 2. The normalized spacial score (nSPS) is 23.9. The molecule has 1 unspecified atom stereocenters. The Labute approximate surface area is 251 Å². The molecular weight excluding hydrogens is 581 g/mol. The van der Waals surface area contributed by atoms with E-state index in [0.29, 0.717) is 6.54 Å². The molecule has 0 bridgehead atoms. The van der Waals surface area contributed by atoms with Crippen molar-refractivity contribution in [2.75, 3.05) is 13.6 Å². The summed E-state index contributed by atoms with van der Waals surface area (Å²) in [6.07, 6.45) is -6.18. The van der Waals surface area contributed by atoms with Crippen LogP contribution in [-0.2, 0) is 38.9 Å². The Kier molecular flexibility index (Phi) is 7.45. The molecule has 0 aliphatic heterocycles. The summed E-state index contributed by atoms with van der Waals surface area (Å²) in [7, 11) is 1.66. The van der Waals surface area contributed by atoms with Crippen molar-refractivity contribution in [1.29, 1.82) is 0 Å². The number of hydrogen-bond acceptors (Lipinski definition) is 8. The Morgan fingerprint density at radius 2 is 1.73 bits per heavy atom. The Morgan fingerprint density at radius 3 is 2.32 bits per heavy atom. The Morgan fingerprint density at radius 1 is 1.09 bits per heavy atom. The topological polar surface area (TPSA) is 161 Å². The number of nitrogens with zero attached hydrogens (tertiary/aromatic N) is 1. The van der Waals surface area contributed by atoms with Crippen LogP contribution in [0.5, 0.6) is 5.75 Å². The van der Waals surface area contributed by atoms with Crippen LogP contribution >= 0.6 is 0 Å². The molecule has 9 nitrogen and oxygen atoms in total. The molecule has 3 aliphatic rings. The lowest BCUT2D eigenvalue weighted by Gasteiger charge is -2.46. The zero-order chi connectivity index (χ0) is 32.5. The Bertz CT molecular complexity index is 1650. The molecule has 0 saturated heterocycles. The number of hydrogen-bond donors (Lipinski definition) is 5. The molecule has 1 fully saturated rings. The van der Waals surface area contributed by atoms with Crippen molar-refractivity contribution in [2.24, 2.45) is 17.6 Å². The van der Waals surface area contributed by atoms with Gasteiger partial charge in [0, 0.05) is 36.4 Å². The summed E-state index contributed by atoms with van der Waals surface area (Å²) in [6, 6.07) is 10.4. The highest BCUT2D eigenvalue weighted by molar-refractivity contribution is 6.22. The summed E-state index contributed by atoms with van der Waals surface area (Å²) in [5.74, 6) is -8.83. The van der Waals surface area contributed by atoms with Crippen molar-refractivity contribution in [1.82, 2.24) is 4.90 Å². The summed E-state index contributed by atoms with van der Waals surface area (Å²) in [5, 5.41) is 44.2. The van der Waals surface area contributed by atoms with Crippen LogP contribution in [0.1, 0.15) is 54.5 Å². The number of carbonyl (C=O) groups is 3. The minimum absolute atomic E-state index is 0.196. The molecule has 5 rings (SSSR count). The lowest BCUT2D eigenvalue weighted by atomic mass is 9.59. The van der Waals surface area contributed by atoms with Gasteiger partial charge in [-0.25, -0.2) is 0 Å². The van der Waals surface area contributed by atoms with Crippen molar-refractivity contribution < 1.29 is 48.0 Å². The van der Waals surface area contributed by atoms with Gasteiger partial charge in [-0.2, -0.15) is 13.2 Å². The number of aliphatic hydroxyl groups is 3. The van der Waals surface area contributed by atoms with E-state index in [1.807, 2.05) is 44.2 Å². The van der Waals surface area contributed by atoms with E-state index >= 15 is 0 Å². The van der Waals surface area contributed by atoms with Crippen LogP contribution in [0.2, 0.25) is 0 Å². The monoisotopic (exact) mass is 614 g/mol. The summed E-state index contributed by atoms with van der Waals surface area (Å²) >= 11 is 0. The molecule has 234 valence electrons. The smallest absolute Gasteiger partial charge is 0.417 e. The quantitative estimate of drug-likeness (QED) is 0.307. The van der Waals surface area contributed by atoms with Gasteiger partial charge in [-0.15, -0.1) is 0 Å². The number of likely N-dealkylation sites (N-methyl/N-ethyl adjacent to an activating group) is 1. The predicted octanol–water partition coefficient (Wildman–Crippen LogP) is 3.85. The molecule has 12 heteroatoms. The third-order valence-corrected chi connectivity index (χ3v) is 9.09. The number of aromatic hydroxyl groups is 1. The second-order valence-electron chi connectivity index (χ2n) is 12.6. The number of phenols is 1. The molecular formula is C32H33F3N2O7. The van der Waals surface area contributed by atoms with E-state index in [-0.39, 0.29) is 18.5 Å². The number of benzene rings is 2. The zero-order valence-corrected chi connectivity index (χ0v) is 24.3. The van der Waals surface area contributed by atoms with Crippen LogP contribution in [0, 0.1) is 11.8 Å². The van der Waals surface area contributed by atoms with Crippen molar-refractivity contribution >= 4 is 23.2 Å². The summed E-state index contributed by atoms with van der Waals surface area (Å²) in [4.78, 5) is 39.7. The molecule has 0 spiro atoms. The molecule has 1 amide bonds. The van der Waals surface area contributed by atoms with Crippen molar-refractivity contribution in [2.45, 2.75) is 56.8 Å². The van der Waals surface area contributed by atoms with Gasteiger partial charge in [-0.1, -0.05) is 44.2 Å². The standard InChI is InChI=1S/C32H33F3N2O7/c1-30(2,17-7-5-4-6-8-17)14-37(3)13-16-11-20(38)23-19(25(16)32(33,34)35)10-15-9-18-12-21(39)24(29(36)43)28(42)31(18,44)27(41)22(15)26(23)40/h4-8,11,15,18,38,40,42,44H,9-10,12-14H2,1-3H3,(H2,36,43)/t15?,18-,31-/m0/s1. The lowest BCUT2D eigenvalue weighted by molar-refractivity contribution is -0.147. The average molecular weight is 615 g/mol. The number of nitrogens with two attached hydrogens (primary N) is 1. The van der Waals surface area contributed by atoms with Gasteiger partial charge in [-0.3, -0.25) is 14.4 Å². The maximum absolute atomic E-state index is 14.8. The number of fused-ring (bicyclic) bond motifs is 3. The molecule has 3 atom stereocenters. The van der Waals surface area contributed by atoms with Crippen LogP contribution in [0.3, 0.4) is 0 Å². The van der Waals surface area contributed by atoms with Gasteiger partial charge in [0.1, 0.15) is 22.8 Å². The highest BCUT2D eigenvalue weighted by Crippen LogP contribution is 2.54. The highest BCUT2D eigenvalue weighted by Gasteiger charge is 2.60. The third-order valence-electron chi connectivity index (χ3n) is 9.09. The molecule has 2 aromatic carbocycles. The molecule has 2 aromatic rings. The molecule has 6 N–H and O–H groups in total. The summed E-state index contributed by atoms with van der Waals surface area (Å²) in [5.41, 5.74) is -0.782. The van der Waals surface area contributed by atoms with Crippen molar-refractivity contribution in [3.05, 3.63) is 81.1 Å². The van der Waals surface area contributed by atoms with Gasteiger partial charge in [0.25, 0.3) is 5.91 Å². The predicted molar refractivity (Wildman–Crippen MR) is 152 cm³/mol. The Balaban J connectivity index is 1.59. The van der Waals surface area contributed by atoms with Gasteiger partial charge >= 0.3 is 6.18 Å². The number of primary amides is 1. The summed E-state index contributed by atoms with van der Waals surface area (Å²) in [6.45, 7) is 4.11. The first-order chi connectivity index (χ1) is 20.4. The fraction of sp³-hybridized carbons (Fsp3) is 0.406. The van der Waals surface area contributed by atoms with Gasteiger partial charge in [0.15, 0.2) is 11.4 Å². The van der Waals surface area contributed by atoms with Crippen LogP contribution in [0.4, 0.5) is 13.2 Å². The van der Waals surface area contributed by atoms with Gasteiger partial charge in [0.05, 0.1) is 11.1 Å². The fourth-order valence-electron chi connectivity index (χ4n) is 7.24. The zero-order valence-electron chi connectivity index (χ0n) is 24.3. The number of alkyl halides is 3. The number of ketones is 2. The van der Waals surface area contributed by atoms with Gasteiger partial charge in [0.2, 0.25) is 5.78 Å². The number of phenolic OH excluding ortho intramolecular Hbond substituents is 1. The summed E-state index contributed by atoms with van der Waals surface area (Å²) < 4.78 is 44.3. The van der Waals surface area contributed by atoms with E-state index in [9.17, 15) is 48.0 Å². The van der Waals surface area contributed by atoms with Crippen LogP contribution in [0.15, 0.2) is 53.3 Å². The van der Waals surface area contributed by atoms with E-state index in [2.05, 4.69) is 0 Å².